The van der Waals surface area contributed by atoms with Crippen LogP contribution in [0.4, 0.5) is 0 Å². The summed E-state index contributed by atoms with van der Waals surface area (Å²) in [6.45, 7) is 9.39. The van der Waals surface area contributed by atoms with Gasteiger partial charge >= 0.3 is 5.97 Å². The maximum absolute atomic E-state index is 11.2. The van der Waals surface area contributed by atoms with Crippen LogP contribution in [0, 0.1) is 11.8 Å². The summed E-state index contributed by atoms with van der Waals surface area (Å²) in [6.07, 6.45) is 0.551. The van der Waals surface area contributed by atoms with Gasteiger partial charge in [0.05, 0.1) is 19.1 Å². The lowest BCUT2D eigenvalue weighted by molar-refractivity contribution is -0.142. The molecule has 0 aliphatic rings. The molecule has 5 heteroatoms. The van der Waals surface area contributed by atoms with Gasteiger partial charge in [-0.3, -0.25) is 4.79 Å². The molecular formula is C18H29NO4. The highest BCUT2D eigenvalue weighted by Crippen LogP contribution is 2.34. The van der Waals surface area contributed by atoms with E-state index in [9.17, 15) is 9.90 Å². The summed E-state index contributed by atoms with van der Waals surface area (Å²) in [6, 6.07) is 5.89. The second-order valence-corrected chi connectivity index (χ2v) is 5.88. The number of carboxylic acid groups (broad SMARTS) is 1. The van der Waals surface area contributed by atoms with Crippen molar-refractivity contribution in [1.82, 2.24) is 0 Å². The van der Waals surface area contributed by atoms with Crippen LogP contribution in [-0.2, 0) is 4.79 Å². The molecule has 0 amide bonds. The van der Waals surface area contributed by atoms with E-state index in [0.717, 1.165) is 17.1 Å². The highest BCUT2D eigenvalue weighted by atomic mass is 16.5. The molecule has 0 aromatic heterocycles. The van der Waals surface area contributed by atoms with Gasteiger partial charge < -0.3 is 20.3 Å². The van der Waals surface area contributed by atoms with E-state index in [-0.39, 0.29) is 18.4 Å². The fraction of sp³-hybridized carbons (Fsp3) is 0.611. The standard InChI is InChI=1S/C18H29NO4/c1-5-22-16-8-14(9-17(10-16)23-6-2)13(4)12(3)7-15(11-19)18(20)21/h8-10,12-13,15H,5-7,11,19H2,1-4H3,(H,20,21). The molecule has 0 radical (unpaired) electrons. The maximum Gasteiger partial charge on any atom is 0.307 e. The minimum Gasteiger partial charge on any atom is -0.494 e. The SMILES string of the molecule is CCOc1cc(OCC)cc(C(C)C(C)CC(CN)C(=O)O)c1. The summed E-state index contributed by atoms with van der Waals surface area (Å²) in [4.78, 5) is 11.2. The number of hydrogen-bond donors (Lipinski definition) is 2. The Morgan fingerprint density at radius 2 is 1.65 bits per heavy atom. The Morgan fingerprint density at radius 1 is 1.13 bits per heavy atom. The van der Waals surface area contributed by atoms with Crippen LogP contribution in [0.25, 0.3) is 0 Å². The zero-order valence-corrected chi connectivity index (χ0v) is 14.5. The molecule has 0 saturated heterocycles. The maximum atomic E-state index is 11.2. The second kappa shape index (κ2) is 9.40. The zero-order chi connectivity index (χ0) is 17.4. The van der Waals surface area contributed by atoms with Crippen molar-refractivity contribution in [3.8, 4) is 11.5 Å². The van der Waals surface area contributed by atoms with Gasteiger partial charge in [0.15, 0.2) is 0 Å². The van der Waals surface area contributed by atoms with Crippen molar-refractivity contribution in [3.05, 3.63) is 23.8 Å². The van der Waals surface area contributed by atoms with Crippen molar-refractivity contribution in [2.24, 2.45) is 17.6 Å². The first-order chi connectivity index (χ1) is 10.9. The van der Waals surface area contributed by atoms with Gasteiger partial charge in [0, 0.05) is 12.6 Å². The molecule has 0 aliphatic heterocycles. The fourth-order valence-electron chi connectivity index (χ4n) is 2.64. The molecule has 3 N–H and O–H groups in total. The Kier molecular flexibility index (Phi) is 7.89. The van der Waals surface area contributed by atoms with Crippen LogP contribution in [0.2, 0.25) is 0 Å². The quantitative estimate of drug-likeness (QED) is 0.690. The van der Waals surface area contributed by atoms with E-state index in [4.69, 9.17) is 15.2 Å². The Morgan fingerprint density at radius 3 is 2.04 bits per heavy atom. The molecule has 1 aromatic carbocycles. The normalized spacial score (nSPS) is 14.8. The largest absolute Gasteiger partial charge is 0.494 e. The second-order valence-electron chi connectivity index (χ2n) is 5.88. The van der Waals surface area contributed by atoms with E-state index >= 15 is 0 Å². The third-order valence-corrected chi connectivity index (χ3v) is 4.19. The molecule has 0 spiro atoms. The number of benzene rings is 1. The van der Waals surface area contributed by atoms with E-state index in [2.05, 4.69) is 13.8 Å². The first kappa shape index (κ1) is 19.3. The van der Waals surface area contributed by atoms with E-state index < -0.39 is 11.9 Å². The van der Waals surface area contributed by atoms with Gasteiger partial charge in [-0.15, -0.1) is 0 Å². The highest BCUT2D eigenvalue weighted by molar-refractivity contribution is 5.70. The van der Waals surface area contributed by atoms with Crippen LogP contribution in [-0.4, -0.2) is 30.8 Å². The van der Waals surface area contributed by atoms with Gasteiger partial charge in [-0.25, -0.2) is 0 Å². The van der Waals surface area contributed by atoms with Crippen molar-refractivity contribution in [3.63, 3.8) is 0 Å². The molecule has 0 aliphatic carbocycles. The third-order valence-electron chi connectivity index (χ3n) is 4.19. The van der Waals surface area contributed by atoms with Crippen molar-refractivity contribution >= 4 is 5.97 Å². The first-order valence-electron chi connectivity index (χ1n) is 8.26. The van der Waals surface area contributed by atoms with Crippen LogP contribution in [0.1, 0.15) is 45.6 Å². The zero-order valence-electron chi connectivity index (χ0n) is 14.5. The molecule has 5 nitrogen and oxygen atoms in total. The lowest BCUT2D eigenvalue weighted by Crippen LogP contribution is -2.26. The number of carbonyl (C=O) groups is 1. The fourth-order valence-corrected chi connectivity index (χ4v) is 2.64. The molecular weight excluding hydrogens is 294 g/mol. The van der Waals surface area contributed by atoms with E-state index in [1.54, 1.807) is 0 Å². The smallest absolute Gasteiger partial charge is 0.307 e. The lowest BCUT2D eigenvalue weighted by Gasteiger charge is -2.24. The van der Waals surface area contributed by atoms with Crippen molar-refractivity contribution in [2.75, 3.05) is 19.8 Å². The Hall–Kier alpha value is -1.75. The number of aliphatic carboxylic acids is 1. The summed E-state index contributed by atoms with van der Waals surface area (Å²) in [5, 5.41) is 9.18. The molecule has 1 rings (SSSR count). The lowest BCUT2D eigenvalue weighted by atomic mass is 9.82. The average Bonchev–Trinajstić information content (AvgIpc) is 2.51. The Bertz CT molecular complexity index is 480. The summed E-state index contributed by atoms with van der Waals surface area (Å²) >= 11 is 0. The average molecular weight is 323 g/mol. The molecule has 130 valence electrons. The first-order valence-corrected chi connectivity index (χ1v) is 8.26. The molecule has 23 heavy (non-hydrogen) atoms. The van der Waals surface area contributed by atoms with Crippen LogP contribution in [0.15, 0.2) is 18.2 Å². The van der Waals surface area contributed by atoms with Gasteiger partial charge in [0.1, 0.15) is 11.5 Å². The van der Waals surface area contributed by atoms with Crippen LogP contribution in [0.3, 0.4) is 0 Å². The predicted octanol–water partition coefficient (Wildman–Crippen LogP) is 3.27. The molecule has 0 heterocycles. The van der Waals surface area contributed by atoms with Gasteiger partial charge in [0.2, 0.25) is 0 Å². The molecule has 0 fully saturated rings. The number of ether oxygens (including phenoxy) is 2. The van der Waals surface area contributed by atoms with Crippen molar-refractivity contribution in [1.29, 1.82) is 0 Å². The molecule has 3 unspecified atom stereocenters. The Balaban J connectivity index is 2.95. The molecule has 0 saturated carbocycles. The van der Waals surface area contributed by atoms with Gasteiger partial charge in [-0.2, -0.15) is 0 Å². The third kappa shape index (κ3) is 5.75. The summed E-state index contributed by atoms with van der Waals surface area (Å²) < 4.78 is 11.2. The predicted molar refractivity (Wildman–Crippen MR) is 91.2 cm³/mol. The van der Waals surface area contributed by atoms with Crippen molar-refractivity contribution in [2.45, 2.75) is 40.0 Å². The summed E-state index contributed by atoms with van der Waals surface area (Å²) in [7, 11) is 0. The minimum atomic E-state index is -0.829. The number of hydrogen-bond acceptors (Lipinski definition) is 4. The number of nitrogens with two attached hydrogens (primary N) is 1. The topological polar surface area (TPSA) is 81.8 Å². The Labute approximate surface area is 138 Å². The summed E-state index contributed by atoms with van der Waals surface area (Å²) in [5.74, 6) is 0.592. The van der Waals surface area contributed by atoms with Gasteiger partial charge in [0.25, 0.3) is 0 Å². The number of rotatable bonds is 10. The molecule has 3 atom stereocenters. The monoisotopic (exact) mass is 323 g/mol. The van der Waals surface area contributed by atoms with Gasteiger partial charge in [-0.05, 0) is 49.8 Å². The molecule has 0 bridgehead atoms. The van der Waals surface area contributed by atoms with Gasteiger partial charge in [-0.1, -0.05) is 13.8 Å². The van der Waals surface area contributed by atoms with Crippen LogP contribution in [0.5, 0.6) is 11.5 Å². The van der Waals surface area contributed by atoms with Crippen molar-refractivity contribution < 1.29 is 19.4 Å². The summed E-state index contributed by atoms with van der Waals surface area (Å²) in [5.41, 5.74) is 6.66. The van der Waals surface area contributed by atoms with E-state index in [1.165, 1.54) is 0 Å². The van der Waals surface area contributed by atoms with Crippen LogP contribution >= 0.6 is 0 Å². The number of carboxylic acids is 1. The minimum absolute atomic E-state index is 0.162. The van der Waals surface area contributed by atoms with Crippen LogP contribution < -0.4 is 15.2 Å². The molecule has 1 aromatic rings. The highest BCUT2D eigenvalue weighted by Gasteiger charge is 2.23. The van der Waals surface area contributed by atoms with E-state index in [0.29, 0.717) is 19.6 Å². The van der Waals surface area contributed by atoms with E-state index in [1.807, 2.05) is 32.0 Å².